The Morgan fingerprint density at radius 1 is 1.18 bits per heavy atom. The van der Waals surface area contributed by atoms with Crippen LogP contribution in [0.3, 0.4) is 0 Å². The molecule has 1 aliphatic rings. The molecular weight excluding hydrogens is 278 g/mol. The third kappa shape index (κ3) is 3.38. The van der Waals surface area contributed by atoms with Gasteiger partial charge in [-0.2, -0.15) is 0 Å². The van der Waals surface area contributed by atoms with Gasteiger partial charge in [0.1, 0.15) is 0 Å². The van der Waals surface area contributed by atoms with E-state index in [0.717, 1.165) is 18.5 Å². The minimum atomic E-state index is -0.398. The van der Waals surface area contributed by atoms with Crippen LogP contribution >= 0.6 is 0 Å². The van der Waals surface area contributed by atoms with E-state index < -0.39 is 4.92 Å². The van der Waals surface area contributed by atoms with Gasteiger partial charge >= 0.3 is 0 Å². The number of hydrogen-bond donors (Lipinski definition) is 1. The van der Waals surface area contributed by atoms with E-state index in [1.807, 2.05) is 0 Å². The average Bonchev–Trinajstić information content (AvgIpc) is 2.55. The molecule has 0 spiro atoms. The second-order valence-electron chi connectivity index (χ2n) is 5.39. The number of hydrogen-bond acceptors (Lipinski definition) is 4. The Kier molecular flexibility index (Phi) is 4.25. The predicted molar refractivity (Wildman–Crippen MR) is 86.3 cm³/mol. The van der Waals surface area contributed by atoms with Crippen LogP contribution in [0.2, 0.25) is 0 Å². The van der Waals surface area contributed by atoms with Crippen LogP contribution in [0.15, 0.2) is 53.5 Å². The minimum Gasteiger partial charge on any atom is -0.308 e. The molecule has 1 unspecified atom stereocenters. The highest BCUT2D eigenvalue weighted by Gasteiger charge is 2.16. The zero-order valence-corrected chi connectivity index (χ0v) is 12.1. The lowest BCUT2D eigenvalue weighted by Gasteiger charge is -2.24. The average molecular weight is 295 g/mol. The Morgan fingerprint density at radius 3 is 2.64 bits per heavy atom. The zero-order chi connectivity index (χ0) is 15.4. The van der Waals surface area contributed by atoms with Crippen LogP contribution in [0.5, 0.6) is 0 Å². The monoisotopic (exact) mass is 295 g/mol. The number of non-ortho nitro benzene ring substituents is 1. The van der Waals surface area contributed by atoms with E-state index in [9.17, 15) is 10.1 Å². The molecule has 2 aromatic carbocycles. The summed E-state index contributed by atoms with van der Waals surface area (Å²) in [5.74, 6) is 0. The van der Waals surface area contributed by atoms with Crippen molar-refractivity contribution in [1.29, 1.82) is 0 Å². The highest BCUT2D eigenvalue weighted by atomic mass is 16.6. The van der Waals surface area contributed by atoms with Crippen molar-refractivity contribution in [2.75, 3.05) is 6.54 Å². The number of rotatable bonds is 4. The van der Waals surface area contributed by atoms with Gasteiger partial charge in [0, 0.05) is 30.9 Å². The third-order valence-corrected chi connectivity index (χ3v) is 3.84. The quantitative estimate of drug-likeness (QED) is 0.536. The first kappa shape index (κ1) is 14.4. The summed E-state index contributed by atoms with van der Waals surface area (Å²) >= 11 is 0. The van der Waals surface area contributed by atoms with Crippen molar-refractivity contribution in [3.63, 3.8) is 0 Å². The zero-order valence-electron chi connectivity index (χ0n) is 12.1. The van der Waals surface area contributed by atoms with Crippen LogP contribution in [-0.4, -0.2) is 23.7 Å². The van der Waals surface area contributed by atoms with Gasteiger partial charge in [-0.15, -0.1) is 0 Å². The topological polar surface area (TPSA) is 67.5 Å². The molecule has 2 aromatic rings. The summed E-state index contributed by atoms with van der Waals surface area (Å²) in [5.41, 5.74) is 3.72. The molecule has 1 aliphatic heterocycles. The van der Waals surface area contributed by atoms with Gasteiger partial charge in [-0.05, 0) is 35.2 Å². The van der Waals surface area contributed by atoms with Gasteiger partial charge < -0.3 is 5.32 Å². The van der Waals surface area contributed by atoms with Gasteiger partial charge in [-0.3, -0.25) is 15.1 Å². The molecule has 0 saturated heterocycles. The number of nitrogens with one attached hydrogen (secondary N) is 1. The Bertz CT molecular complexity index is 695. The van der Waals surface area contributed by atoms with Crippen LogP contribution in [0.1, 0.15) is 16.7 Å². The molecule has 0 radical (unpaired) electrons. The Hall–Kier alpha value is -2.53. The summed E-state index contributed by atoms with van der Waals surface area (Å²) < 4.78 is 0. The Morgan fingerprint density at radius 2 is 1.91 bits per heavy atom. The maximum Gasteiger partial charge on any atom is 0.269 e. The van der Waals surface area contributed by atoms with Crippen molar-refractivity contribution in [2.45, 2.75) is 19.0 Å². The molecule has 3 rings (SSSR count). The van der Waals surface area contributed by atoms with E-state index >= 15 is 0 Å². The standard InChI is InChI=1S/C17H17N3O2/c21-20(22)17-7-5-13(6-8-17)10-18-12-16-9-14-3-1-2-4-15(14)11-19-16/h1-8,10,16,19H,9,11-12H2. The SMILES string of the molecule is O=[N+]([O-])c1ccc(C=NCC2Cc3ccccc3CN2)cc1. The molecule has 0 amide bonds. The van der Waals surface area contributed by atoms with E-state index in [4.69, 9.17) is 0 Å². The van der Waals surface area contributed by atoms with E-state index in [2.05, 4.69) is 34.6 Å². The largest absolute Gasteiger partial charge is 0.308 e. The number of nitrogens with zero attached hydrogens (tertiary/aromatic N) is 2. The third-order valence-electron chi connectivity index (χ3n) is 3.84. The van der Waals surface area contributed by atoms with Crippen molar-refractivity contribution in [1.82, 2.24) is 5.32 Å². The summed E-state index contributed by atoms with van der Waals surface area (Å²) in [7, 11) is 0. The van der Waals surface area contributed by atoms with Crippen molar-refractivity contribution < 1.29 is 4.92 Å². The van der Waals surface area contributed by atoms with Crippen molar-refractivity contribution >= 4 is 11.9 Å². The first-order chi connectivity index (χ1) is 10.7. The molecule has 0 saturated carbocycles. The number of nitro groups is 1. The van der Waals surface area contributed by atoms with Crippen molar-refractivity contribution in [2.24, 2.45) is 4.99 Å². The second-order valence-corrected chi connectivity index (χ2v) is 5.39. The number of benzene rings is 2. The highest BCUT2D eigenvalue weighted by Crippen LogP contribution is 2.16. The summed E-state index contributed by atoms with van der Waals surface area (Å²) in [5, 5.41) is 14.1. The minimum absolute atomic E-state index is 0.0997. The molecule has 1 heterocycles. The molecule has 0 aromatic heterocycles. The molecule has 5 nitrogen and oxygen atoms in total. The molecular formula is C17H17N3O2. The molecule has 0 aliphatic carbocycles. The van der Waals surface area contributed by atoms with Gasteiger partial charge in [0.15, 0.2) is 0 Å². The summed E-state index contributed by atoms with van der Waals surface area (Å²) in [4.78, 5) is 14.7. The molecule has 0 fully saturated rings. The molecule has 112 valence electrons. The Labute approximate surface area is 128 Å². The molecule has 22 heavy (non-hydrogen) atoms. The van der Waals surface area contributed by atoms with Crippen LogP contribution in [0, 0.1) is 10.1 Å². The fourth-order valence-electron chi connectivity index (χ4n) is 2.62. The number of fused-ring (bicyclic) bond motifs is 1. The van der Waals surface area contributed by atoms with Crippen LogP contribution < -0.4 is 5.32 Å². The summed E-state index contributed by atoms with van der Waals surface area (Å²) in [6.07, 6.45) is 2.75. The number of nitro benzene ring substituents is 1. The lowest BCUT2D eigenvalue weighted by molar-refractivity contribution is -0.384. The van der Waals surface area contributed by atoms with Gasteiger partial charge in [0.05, 0.1) is 11.5 Å². The fourth-order valence-corrected chi connectivity index (χ4v) is 2.62. The van der Waals surface area contributed by atoms with Gasteiger partial charge in [0.2, 0.25) is 0 Å². The Balaban J connectivity index is 1.58. The smallest absolute Gasteiger partial charge is 0.269 e. The maximum absolute atomic E-state index is 10.6. The van der Waals surface area contributed by atoms with Gasteiger partial charge in [0.25, 0.3) is 5.69 Å². The van der Waals surface area contributed by atoms with Crippen molar-refractivity contribution in [3.05, 3.63) is 75.3 Å². The molecule has 0 bridgehead atoms. The van der Waals surface area contributed by atoms with Crippen LogP contribution in [0.4, 0.5) is 5.69 Å². The second kappa shape index (κ2) is 6.49. The van der Waals surface area contributed by atoms with Crippen LogP contribution in [0.25, 0.3) is 0 Å². The first-order valence-corrected chi connectivity index (χ1v) is 7.27. The molecule has 1 atom stereocenters. The van der Waals surface area contributed by atoms with Gasteiger partial charge in [-0.25, -0.2) is 0 Å². The molecule has 5 heteroatoms. The summed E-state index contributed by atoms with van der Waals surface area (Å²) in [6, 6.07) is 15.2. The van der Waals surface area contributed by atoms with E-state index in [0.29, 0.717) is 12.6 Å². The summed E-state index contributed by atoms with van der Waals surface area (Å²) in [6.45, 7) is 1.58. The normalized spacial score (nSPS) is 17.4. The number of aliphatic imine (C=N–C) groups is 1. The lowest BCUT2D eigenvalue weighted by Crippen LogP contribution is -2.37. The molecule has 1 N–H and O–H groups in total. The van der Waals surface area contributed by atoms with E-state index in [-0.39, 0.29) is 5.69 Å². The van der Waals surface area contributed by atoms with Crippen molar-refractivity contribution in [3.8, 4) is 0 Å². The van der Waals surface area contributed by atoms with Gasteiger partial charge in [-0.1, -0.05) is 24.3 Å². The lowest BCUT2D eigenvalue weighted by atomic mass is 9.96. The predicted octanol–water partition coefficient (Wildman–Crippen LogP) is 2.73. The van der Waals surface area contributed by atoms with Crippen LogP contribution in [-0.2, 0) is 13.0 Å². The highest BCUT2D eigenvalue weighted by molar-refractivity contribution is 5.79. The van der Waals surface area contributed by atoms with E-state index in [1.54, 1.807) is 18.3 Å². The fraction of sp³-hybridized carbons (Fsp3) is 0.235. The maximum atomic E-state index is 10.6. The first-order valence-electron chi connectivity index (χ1n) is 7.27. The van der Waals surface area contributed by atoms with E-state index in [1.165, 1.54) is 23.3 Å².